The average molecular weight is 525 g/mol. The van der Waals surface area contributed by atoms with E-state index >= 15 is 8.78 Å². The highest BCUT2D eigenvalue weighted by molar-refractivity contribution is 5.85. The first-order chi connectivity index (χ1) is 19.7. The van der Waals surface area contributed by atoms with Gasteiger partial charge in [-0.2, -0.15) is 14.6 Å². The smallest absolute Gasteiger partial charge is 0.240 e. The standard InChI is InChI=1S/C32H18F2N6/c33-27-22(19-35)28(39-25-17-9-7-15-23(25)36-30(39)20-11-3-1-4-12-20)29(34)38-32(27)40-26-18-10-8-16-24(26)37-31(40)21-13-5-2-6-14-21/h1-18H. The summed E-state index contributed by atoms with van der Waals surface area (Å²) < 4.78 is 35.7. The third-order valence-corrected chi connectivity index (χ3v) is 6.78. The Morgan fingerprint density at radius 2 is 1.05 bits per heavy atom. The van der Waals surface area contributed by atoms with Gasteiger partial charge in [0.2, 0.25) is 5.95 Å². The van der Waals surface area contributed by atoms with Crippen molar-refractivity contribution in [2.75, 3.05) is 0 Å². The Morgan fingerprint density at radius 1 is 0.575 bits per heavy atom. The molecule has 7 aromatic rings. The molecular weight excluding hydrogens is 506 g/mol. The zero-order valence-electron chi connectivity index (χ0n) is 20.8. The highest BCUT2D eigenvalue weighted by Gasteiger charge is 2.28. The molecule has 0 atom stereocenters. The van der Waals surface area contributed by atoms with Gasteiger partial charge in [-0.3, -0.25) is 9.13 Å². The zero-order valence-corrected chi connectivity index (χ0v) is 20.8. The number of imidazole rings is 2. The quantitative estimate of drug-likeness (QED) is 0.228. The van der Waals surface area contributed by atoms with Gasteiger partial charge >= 0.3 is 0 Å². The molecule has 3 heterocycles. The molecular formula is C32H18F2N6. The molecule has 0 fully saturated rings. The number of halogens is 2. The molecule has 0 spiro atoms. The van der Waals surface area contributed by atoms with Crippen molar-refractivity contribution in [1.82, 2.24) is 24.1 Å². The molecule has 190 valence electrons. The van der Waals surface area contributed by atoms with Gasteiger partial charge in [-0.1, -0.05) is 84.9 Å². The number of hydrogen-bond acceptors (Lipinski definition) is 4. The zero-order chi connectivity index (χ0) is 27.2. The number of aromatic nitrogens is 5. The third-order valence-electron chi connectivity index (χ3n) is 6.78. The summed E-state index contributed by atoms with van der Waals surface area (Å²) >= 11 is 0. The largest absolute Gasteiger partial charge is 0.287 e. The molecule has 4 aromatic carbocycles. The maximum atomic E-state index is 16.5. The molecule has 0 aliphatic rings. The van der Waals surface area contributed by atoms with Crippen LogP contribution in [0.3, 0.4) is 0 Å². The first kappa shape index (κ1) is 23.4. The second-order valence-electron chi connectivity index (χ2n) is 9.13. The van der Waals surface area contributed by atoms with Crippen LogP contribution in [0.4, 0.5) is 8.78 Å². The lowest BCUT2D eigenvalue weighted by atomic mass is 10.1. The Hall–Kier alpha value is -5.68. The number of nitriles is 1. The molecule has 0 radical (unpaired) electrons. The molecule has 0 N–H and O–H groups in total. The second-order valence-corrected chi connectivity index (χ2v) is 9.13. The van der Waals surface area contributed by atoms with E-state index in [0.29, 0.717) is 44.8 Å². The van der Waals surface area contributed by atoms with Crippen molar-refractivity contribution in [1.29, 1.82) is 5.26 Å². The number of nitrogens with zero attached hydrogens (tertiary/aromatic N) is 6. The monoisotopic (exact) mass is 524 g/mol. The molecule has 7 rings (SSSR count). The van der Waals surface area contributed by atoms with E-state index in [1.165, 1.54) is 9.13 Å². The van der Waals surface area contributed by atoms with Crippen LogP contribution in [0, 0.1) is 23.1 Å². The van der Waals surface area contributed by atoms with Gasteiger partial charge in [-0.25, -0.2) is 14.4 Å². The van der Waals surface area contributed by atoms with Crippen molar-refractivity contribution in [3.63, 3.8) is 0 Å². The number of benzene rings is 4. The molecule has 0 saturated heterocycles. The van der Waals surface area contributed by atoms with Crippen molar-refractivity contribution >= 4 is 22.1 Å². The summed E-state index contributed by atoms with van der Waals surface area (Å²) in [7, 11) is 0. The van der Waals surface area contributed by atoms with Crippen LogP contribution >= 0.6 is 0 Å². The fourth-order valence-corrected chi connectivity index (χ4v) is 5.02. The number of hydrogen-bond donors (Lipinski definition) is 0. The summed E-state index contributed by atoms with van der Waals surface area (Å²) in [5, 5.41) is 10.2. The fraction of sp³-hybridized carbons (Fsp3) is 0. The minimum atomic E-state index is -1.01. The lowest BCUT2D eigenvalue weighted by Gasteiger charge is -2.16. The van der Waals surface area contributed by atoms with E-state index in [1.54, 1.807) is 36.4 Å². The van der Waals surface area contributed by atoms with Crippen LogP contribution in [0.1, 0.15) is 5.56 Å². The van der Waals surface area contributed by atoms with Crippen LogP contribution in [0.5, 0.6) is 0 Å². The summed E-state index contributed by atoms with van der Waals surface area (Å²) in [6.45, 7) is 0. The first-order valence-corrected chi connectivity index (χ1v) is 12.5. The molecule has 0 aliphatic carbocycles. The van der Waals surface area contributed by atoms with Crippen LogP contribution in [0.2, 0.25) is 0 Å². The van der Waals surface area contributed by atoms with E-state index in [1.807, 2.05) is 78.9 Å². The second kappa shape index (κ2) is 9.26. The van der Waals surface area contributed by atoms with Crippen molar-refractivity contribution < 1.29 is 8.78 Å². The van der Waals surface area contributed by atoms with Gasteiger partial charge in [0.05, 0.1) is 22.1 Å². The van der Waals surface area contributed by atoms with E-state index in [0.717, 1.165) is 0 Å². The van der Waals surface area contributed by atoms with Gasteiger partial charge in [-0.05, 0) is 24.3 Å². The average Bonchev–Trinajstić information content (AvgIpc) is 3.58. The summed E-state index contributed by atoms with van der Waals surface area (Å²) in [5.41, 5.74) is 2.78. The van der Waals surface area contributed by atoms with Gasteiger partial charge < -0.3 is 0 Å². The van der Waals surface area contributed by atoms with Gasteiger partial charge in [0.1, 0.15) is 29.0 Å². The van der Waals surface area contributed by atoms with E-state index in [4.69, 9.17) is 4.98 Å². The minimum absolute atomic E-state index is 0.304. The van der Waals surface area contributed by atoms with Crippen LogP contribution in [0.25, 0.3) is 56.3 Å². The van der Waals surface area contributed by atoms with Gasteiger partial charge in [0.25, 0.3) is 0 Å². The molecule has 0 bridgehead atoms. The van der Waals surface area contributed by atoms with E-state index in [9.17, 15) is 5.26 Å². The molecule has 3 aromatic heterocycles. The normalized spacial score (nSPS) is 11.2. The number of fused-ring (bicyclic) bond motifs is 2. The maximum absolute atomic E-state index is 16.5. The fourth-order valence-electron chi connectivity index (χ4n) is 5.02. The molecule has 0 amide bonds. The predicted molar refractivity (Wildman–Crippen MR) is 149 cm³/mol. The van der Waals surface area contributed by atoms with Crippen LogP contribution < -0.4 is 0 Å². The van der Waals surface area contributed by atoms with E-state index in [-0.39, 0.29) is 11.5 Å². The first-order valence-electron chi connectivity index (χ1n) is 12.5. The summed E-state index contributed by atoms with van der Waals surface area (Å²) in [6.07, 6.45) is 0. The summed E-state index contributed by atoms with van der Waals surface area (Å²) in [4.78, 5) is 13.5. The number of para-hydroxylation sites is 4. The third kappa shape index (κ3) is 3.56. The topological polar surface area (TPSA) is 72.3 Å². The summed E-state index contributed by atoms with van der Waals surface area (Å²) in [5.74, 6) is -1.58. The van der Waals surface area contributed by atoms with E-state index < -0.39 is 17.3 Å². The van der Waals surface area contributed by atoms with Crippen molar-refractivity contribution in [2.24, 2.45) is 0 Å². The lowest BCUT2D eigenvalue weighted by Crippen LogP contribution is -2.13. The maximum Gasteiger partial charge on any atom is 0.240 e. The number of rotatable bonds is 4. The Morgan fingerprint density at radius 3 is 1.60 bits per heavy atom. The van der Waals surface area contributed by atoms with Gasteiger partial charge in [0, 0.05) is 11.1 Å². The van der Waals surface area contributed by atoms with Gasteiger partial charge in [0.15, 0.2) is 11.6 Å². The minimum Gasteiger partial charge on any atom is -0.287 e. The van der Waals surface area contributed by atoms with E-state index in [2.05, 4.69) is 9.97 Å². The lowest BCUT2D eigenvalue weighted by molar-refractivity contribution is 0.544. The molecule has 0 aliphatic heterocycles. The van der Waals surface area contributed by atoms with Crippen LogP contribution in [-0.4, -0.2) is 24.1 Å². The van der Waals surface area contributed by atoms with Crippen molar-refractivity contribution in [2.45, 2.75) is 0 Å². The van der Waals surface area contributed by atoms with Crippen molar-refractivity contribution in [3.05, 3.63) is 127 Å². The van der Waals surface area contributed by atoms with Gasteiger partial charge in [-0.15, -0.1) is 0 Å². The Bertz CT molecular complexity index is 2090. The number of pyridine rings is 1. The SMILES string of the molecule is N#Cc1c(F)c(-n2c(-c3ccccc3)nc3ccccc32)nc(F)c1-n1c(-c2ccccc2)nc2ccccc21. The Labute approximate surface area is 227 Å². The predicted octanol–water partition coefficient (Wildman–Crippen LogP) is 7.24. The summed E-state index contributed by atoms with van der Waals surface area (Å²) in [6, 6.07) is 34.5. The Kier molecular flexibility index (Phi) is 5.42. The van der Waals surface area contributed by atoms with Crippen LogP contribution in [0.15, 0.2) is 109 Å². The molecule has 0 saturated carbocycles. The van der Waals surface area contributed by atoms with Crippen LogP contribution in [-0.2, 0) is 0 Å². The Balaban J connectivity index is 1.55. The molecule has 40 heavy (non-hydrogen) atoms. The molecule has 8 heteroatoms. The molecule has 6 nitrogen and oxygen atoms in total. The molecule has 0 unspecified atom stereocenters. The highest BCUT2D eigenvalue weighted by Crippen LogP contribution is 2.35. The van der Waals surface area contributed by atoms with Crippen molar-refractivity contribution in [3.8, 4) is 40.4 Å². The highest BCUT2D eigenvalue weighted by atomic mass is 19.1.